The van der Waals surface area contributed by atoms with Gasteiger partial charge in [-0.1, -0.05) is 12.1 Å². The Bertz CT molecular complexity index is 926. The zero-order chi connectivity index (χ0) is 16.9. The van der Waals surface area contributed by atoms with Crippen molar-refractivity contribution in [2.24, 2.45) is 0 Å². The molecule has 7 nitrogen and oxygen atoms in total. The van der Waals surface area contributed by atoms with E-state index in [1.54, 1.807) is 0 Å². The second kappa shape index (κ2) is 5.66. The van der Waals surface area contributed by atoms with Gasteiger partial charge in [-0.05, 0) is 12.1 Å². The van der Waals surface area contributed by atoms with Gasteiger partial charge in [0.1, 0.15) is 5.52 Å². The van der Waals surface area contributed by atoms with Crippen molar-refractivity contribution in [2.45, 2.75) is 5.54 Å². The summed E-state index contributed by atoms with van der Waals surface area (Å²) in [4.78, 5) is 13.9. The molecule has 0 spiro atoms. The largest absolute Gasteiger partial charge is 0.394 e. The van der Waals surface area contributed by atoms with Gasteiger partial charge in [-0.15, -0.1) is 0 Å². The number of aliphatic hydroxyl groups is 1. The van der Waals surface area contributed by atoms with E-state index in [9.17, 15) is 5.11 Å². The molecule has 130 valence electrons. The first-order chi connectivity index (χ1) is 12.3. The molecule has 7 heteroatoms. The number of morpholine rings is 1. The third-order valence-electron chi connectivity index (χ3n) is 5.50. The molecule has 0 amide bonds. The van der Waals surface area contributed by atoms with Gasteiger partial charge in [0.25, 0.3) is 0 Å². The van der Waals surface area contributed by atoms with E-state index in [2.05, 4.69) is 25.3 Å². The number of aliphatic hydroxyl groups excluding tert-OH is 1. The smallest absolute Gasteiger partial charge is 0.155 e. The molecule has 4 heterocycles. The number of ether oxygens (including phenoxy) is 1. The molecule has 5 rings (SSSR count). The minimum atomic E-state index is -0.346. The molecule has 0 saturated carbocycles. The number of nitrogens with zero attached hydrogens (tertiary/aromatic N) is 5. The van der Waals surface area contributed by atoms with Gasteiger partial charge >= 0.3 is 0 Å². The average molecular weight is 339 g/mol. The van der Waals surface area contributed by atoms with Gasteiger partial charge < -0.3 is 14.7 Å². The maximum atomic E-state index is 10.1. The van der Waals surface area contributed by atoms with E-state index in [4.69, 9.17) is 9.72 Å². The monoisotopic (exact) mass is 339 g/mol. The Labute approximate surface area is 145 Å². The highest BCUT2D eigenvalue weighted by molar-refractivity contribution is 5.84. The van der Waals surface area contributed by atoms with Crippen LogP contribution in [0.4, 0.5) is 5.82 Å². The molecule has 2 aromatic heterocycles. The summed E-state index contributed by atoms with van der Waals surface area (Å²) in [5.74, 6) is 0.925. The van der Waals surface area contributed by atoms with Crippen LogP contribution < -0.4 is 4.90 Å². The Kier molecular flexibility index (Phi) is 3.41. The summed E-state index contributed by atoms with van der Waals surface area (Å²) in [7, 11) is 0. The fraction of sp³-hybridized carbons (Fsp3) is 0.444. The first-order valence-corrected chi connectivity index (χ1v) is 8.70. The number of hydrogen-bond donors (Lipinski definition) is 1. The van der Waals surface area contributed by atoms with Gasteiger partial charge in [-0.25, -0.2) is 9.97 Å². The van der Waals surface area contributed by atoms with Crippen molar-refractivity contribution in [3.63, 3.8) is 0 Å². The molecule has 2 aliphatic heterocycles. The summed E-state index contributed by atoms with van der Waals surface area (Å²) in [6.45, 7) is 4.75. The predicted octanol–water partition coefficient (Wildman–Crippen LogP) is 0.766. The molecule has 2 saturated heterocycles. The lowest BCUT2D eigenvalue weighted by Gasteiger charge is -2.52. The molecule has 2 fully saturated rings. The zero-order valence-corrected chi connectivity index (χ0v) is 14.0. The summed E-state index contributed by atoms with van der Waals surface area (Å²) in [5, 5.41) is 10.1. The maximum absolute atomic E-state index is 10.1. The minimum absolute atomic E-state index is 0.0899. The molecular weight excluding hydrogens is 318 g/mol. The van der Waals surface area contributed by atoms with Crippen LogP contribution in [0.15, 0.2) is 36.8 Å². The van der Waals surface area contributed by atoms with Crippen LogP contribution in [0.5, 0.6) is 0 Å². The Morgan fingerprint density at radius 3 is 3.00 bits per heavy atom. The van der Waals surface area contributed by atoms with Crippen molar-refractivity contribution in [3.8, 4) is 0 Å². The van der Waals surface area contributed by atoms with Crippen LogP contribution in [0.1, 0.15) is 0 Å². The summed E-state index contributed by atoms with van der Waals surface area (Å²) >= 11 is 0. The van der Waals surface area contributed by atoms with Crippen LogP contribution in [-0.4, -0.2) is 75.9 Å². The predicted molar refractivity (Wildman–Crippen MR) is 94.9 cm³/mol. The first kappa shape index (κ1) is 15.1. The molecule has 1 aromatic carbocycles. The third kappa shape index (κ3) is 2.23. The second-order valence-electron chi connectivity index (χ2n) is 6.92. The number of imidazole rings is 1. The number of rotatable bonds is 2. The van der Waals surface area contributed by atoms with E-state index < -0.39 is 0 Å². The molecular formula is C18H21N5O2. The highest BCUT2D eigenvalue weighted by atomic mass is 16.5. The summed E-state index contributed by atoms with van der Waals surface area (Å²) < 4.78 is 7.78. The highest BCUT2D eigenvalue weighted by Gasteiger charge is 2.44. The standard InChI is InChI=1S/C18H21N5O2/c24-11-18-10-21(5-6-22(18)7-8-25-12-18)17-16-9-19-13-23(16)15-4-2-1-3-14(15)20-17/h1-4,9,13,24H,5-8,10-12H2. The van der Waals surface area contributed by atoms with Gasteiger partial charge in [0.05, 0.1) is 48.9 Å². The molecule has 1 unspecified atom stereocenters. The summed E-state index contributed by atoms with van der Waals surface area (Å²) in [5.41, 5.74) is 2.65. The Hall–Kier alpha value is -2.22. The van der Waals surface area contributed by atoms with Crippen LogP contribution in [0.3, 0.4) is 0 Å². The lowest BCUT2D eigenvalue weighted by Crippen LogP contribution is -2.69. The zero-order valence-electron chi connectivity index (χ0n) is 14.0. The summed E-state index contributed by atoms with van der Waals surface area (Å²) in [6, 6.07) is 8.11. The average Bonchev–Trinajstić information content (AvgIpc) is 3.17. The van der Waals surface area contributed by atoms with Crippen LogP contribution >= 0.6 is 0 Å². The van der Waals surface area contributed by atoms with Gasteiger partial charge in [0, 0.05) is 26.2 Å². The van der Waals surface area contributed by atoms with E-state index >= 15 is 0 Å². The Balaban J connectivity index is 1.61. The van der Waals surface area contributed by atoms with Crippen molar-refractivity contribution in [1.29, 1.82) is 0 Å². The number of fused-ring (bicyclic) bond motifs is 4. The van der Waals surface area contributed by atoms with Crippen molar-refractivity contribution < 1.29 is 9.84 Å². The van der Waals surface area contributed by atoms with Crippen molar-refractivity contribution in [2.75, 3.05) is 50.9 Å². The number of benzene rings is 1. The normalized spacial score (nSPS) is 24.8. The quantitative estimate of drug-likeness (QED) is 0.744. The van der Waals surface area contributed by atoms with Crippen LogP contribution in [0.2, 0.25) is 0 Å². The van der Waals surface area contributed by atoms with Gasteiger partial charge in [-0.2, -0.15) is 0 Å². The van der Waals surface area contributed by atoms with Crippen molar-refractivity contribution in [3.05, 3.63) is 36.8 Å². The van der Waals surface area contributed by atoms with Gasteiger partial charge in [0.15, 0.2) is 5.82 Å². The SMILES string of the molecule is OCC12COCCN1CCN(c1nc3ccccc3n3cncc13)C2. The number of aromatic nitrogens is 3. The van der Waals surface area contributed by atoms with Crippen molar-refractivity contribution >= 4 is 22.4 Å². The van der Waals surface area contributed by atoms with E-state index in [0.29, 0.717) is 13.2 Å². The molecule has 3 aromatic rings. The Morgan fingerprint density at radius 1 is 1.16 bits per heavy atom. The maximum Gasteiger partial charge on any atom is 0.155 e. The lowest BCUT2D eigenvalue weighted by atomic mass is 9.94. The van der Waals surface area contributed by atoms with E-state index in [0.717, 1.165) is 48.6 Å². The van der Waals surface area contributed by atoms with E-state index in [1.165, 1.54) is 0 Å². The molecule has 0 bridgehead atoms. The fourth-order valence-corrected chi connectivity index (χ4v) is 4.13. The molecule has 1 atom stereocenters. The lowest BCUT2D eigenvalue weighted by molar-refractivity contribution is -0.0951. The number of hydrogen-bond acceptors (Lipinski definition) is 6. The molecule has 25 heavy (non-hydrogen) atoms. The number of piperazine rings is 1. The fourth-order valence-electron chi connectivity index (χ4n) is 4.13. The number of para-hydroxylation sites is 2. The van der Waals surface area contributed by atoms with Gasteiger partial charge in [-0.3, -0.25) is 9.30 Å². The van der Waals surface area contributed by atoms with Gasteiger partial charge in [0.2, 0.25) is 0 Å². The first-order valence-electron chi connectivity index (χ1n) is 8.70. The topological polar surface area (TPSA) is 66.1 Å². The molecule has 0 aliphatic carbocycles. The summed E-state index contributed by atoms with van der Waals surface area (Å²) in [6.07, 6.45) is 3.70. The van der Waals surface area contributed by atoms with Crippen LogP contribution in [-0.2, 0) is 4.74 Å². The van der Waals surface area contributed by atoms with Crippen LogP contribution in [0, 0.1) is 0 Å². The second-order valence-corrected chi connectivity index (χ2v) is 6.92. The van der Waals surface area contributed by atoms with E-state index in [1.807, 2.05) is 30.7 Å². The van der Waals surface area contributed by atoms with Crippen LogP contribution in [0.25, 0.3) is 16.6 Å². The van der Waals surface area contributed by atoms with Crippen molar-refractivity contribution in [1.82, 2.24) is 19.3 Å². The Morgan fingerprint density at radius 2 is 2.08 bits per heavy atom. The molecule has 1 N–H and O–H groups in total. The third-order valence-corrected chi connectivity index (χ3v) is 5.50. The van der Waals surface area contributed by atoms with E-state index in [-0.39, 0.29) is 12.1 Å². The highest BCUT2D eigenvalue weighted by Crippen LogP contribution is 2.31. The molecule has 0 radical (unpaired) electrons. The molecule has 2 aliphatic rings. The number of anilines is 1. The minimum Gasteiger partial charge on any atom is -0.394 e.